The van der Waals surface area contributed by atoms with Crippen molar-refractivity contribution >= 4 is 29.9 Å². The molecular weight excluding hydrogens is 415 g/mol. The summed E-state index contributed by atoms with van der Waals surface area (Å²) in [5, 5.41) is 6.98. The zero-order valence-electron chi connectivity index (χ0n) is 16.4. The van der Waals surface area contributed by atoms with Gasteiger partial charge in [-0.1, -0.05) is 19.8 Å². The van der Waals surface area contributed by atoms with Gasteiger partial charge in [0, 0.05) is 33.3 Å². The SMILES string of the molecule is CCOC(CCN(C)C)CNC(=NC)NCC1(CC)CCCC1.I. The zero-order valence-corrected chi connectivity index (χ0v) is 18.7. The average molecular weight is 454 g/mol. The second-order valence-electron chi connectivity index (χ2n) is 7.04. The number of aliphatic imine (C=N–C) groups is 1. The van der Waals surface area contributed by atoms with Crippen LogP contribution in [-0.2, 0) is 4.74 Å². The summed E-state index contributed by atoms with van der Waals surface area (Å²) < 4.78 is 5.83. The van der Waals surface area contributed by atoms with Crippen molar-refractivity contribution in [3.63, 3.8) is 0 Å². The molecule has 0 aromatic carbocycles. The van der Waals surface area contributed by atoms with E-state index < -0.39 is 0 Å². The van der Waals surface area contributed by atoms with Crippen LogP contribution in [-0.4, -0.2) is 64.3 Å². The third-order valence-corrected chi connectivity index (χ3v) is 5.07. The molecule has 144 valence electrons. The molecule has 0 aliphatic heterocycles. The molecule has 0 bridgehead atoms. The van der Waals surface area contributed by atoms with Gasteiger partial charge in [-0.25, -0.2) is 0 Å². The highest BCUT2D eigenvalue weighted by atomic mass is 127. The highest BCUT2D eigenvalue weighted by Gasteiger charge is 2.31. The molecule has 1 aliphatic rings. The first-order chi connectivity index (χ1) is 11.0. The molecule has 1 atom stereocenters. The average Bonchev–Trinajstić information content (AvgIpc) is 3.02. The van der Waals surface area contributed by atoms with Crippen molar-refractivity contribution in [3.8, 4) is 0 Å². The van der Waals surface area contributed by atoms with Crippen LogP contribution in [0.2, 0.25) is 0 Å². The van der Waals surface area contributed by atoms with Crippen LogP contribution in [0.5, 0.6) is 0 Å². The molecule has 2 N–H and O–H groups in total. The molecule has 0 aromatic rings. The van der Waals surface area contributed by atoms with Gasteiger partial charge < -0.3 is 20.3 Å². The van der Waals surface area contributed by atoms with Crippen molar-refractivity contribution in [1.29, 1.82) is 0 Å². The fourth-order valence-corrected chi connectivity index (χ4v) is 3.36. The fraction of sp³-hybridized carbons (Fsp3) is 0.944. The van der Waals surface area contributed by atoms with E-state index in [4.69, 9.17) is 4.74 Å². The van der Waals surface area contributed by atoms with Crippen LogP contribution in [0.4, 0.5) is 0 Å². The molecule has 6 heteroatoms. The Bertz CT molecular complexity index is 344. The van der Waals surface area contributed by atoms with E-state index in [1.54, 1.807) is 0 Å². The standard InChI is InChI=1S/C18H38N4O.HI/c1-6-18(11-8-9-12-18)15-21-17(19-3)20-14-16(23-7-2)10-13-22(4)5;/h16H,6-15H2,1-5H3,(H2,19,20,21);1H. The van der Waals surface area contributed by atoms with Gasteiger partial charge in [-0.3, -0.25) is 4.99 Å². The lowest BCUT2D eigenvalue weighted by atomic mass is 9.83. The van der Waals surface area contributed by atoms with E-state index in [2.05, 4.69) is 48.5 Å². The predicted molar refractivity (Wildman–Crippen MR) is 115 cm³/mol. The van der Waals surface area contributed by atoms with Gasteiger partial charge in [0.05, 0.1) is 6.10 Å². The third-order valence-electron chi connectivity index (χ3n) is 5.07. The van der Waals surface area contributed by atoms with Crippen molar-refractivity contribution < 1.29 is 4.74 Å². The summed E-state index contributed by atoms with van der Waals surface area (Å²) in [6.07, 6.45) is 7.95. The maximum atomic E-state index is 5.83. The van der Waals surface area contributed by atoms with E-state index in [0.29, 0.717) is 5.41 Å². The Morgan fingerprint density at radius 2 is 1.88 bits per heavy atom. The molecule has 5 nitrogen and oxygen atoms in total. The highest BCUT2D eigenvalue weighted by Crippen LogP contribution is 2.40. The number of hydrogen-bond acceptors (Lipinski definition) is 3. The number of nitrogens with one attached hydrogen (secondary N) is 2. The quantitative estimate of drug-likeness (QED) is 0.303. The summed E-state index contributed by atoms with van der Waals surface area (Å²) in [7, 11) is 6.05. The van der Waals surface area contributed by atoms with E-state index in [0.717, 1.165) is 38.6 Å². The summed E-state index contributed by atoms with van der Waals surface area (Å²) in [5.41, 5.74) is 0.474. The molecule has 1 fully saturated rings. The van der Waals surface area contributed by atoms with Gasteiger partial charge in [0.25, 0.3) is 0 Å². The molecule has 0 spiro atoms. The number of guanidine groups is 1. The second-order valence-corrected chi connectivity index (χ2v) is 7.04. The molecule has 1 saturated carbocycles. The summed E-state index contributed by atoms with van der Waals surface area (Å²) in [6, 6.07) is 0. The number of ether oxygens (including phenoxy) is 1. The van der Waals surface area contributed by atoms with E-state index in [1.807, 2.05) is 7.05 Å². The van der Waals surface area contributed by atoms with E-state index in [-0.39, 0.29) is 30.1 Å². The Labute approximate surface area is 166 Å². The van der Waals surface area contributed by atoms with Crippen LogP contribution in [0.3, 0.4) is 0 Å². The topological polar surface area (TPSA) is 48.9 Å². The molecule has 1 rings (SSSR count). The summed E-state index contributed by atoms with van der Waals surface area (Å²) in [6.45, 7) is 8.00. The van der Waals surface area contributed by atoms with Gasteiger partial charge in [-0.15, -0.1) is 24.0 Å². The first kappa shape index (κ1) is 23.9. The monoisotopic (exact) mass is 454 g/mol. The Hall–Kier alpha value is -0.0800. The Balaban J connectivity index is 0.00000529. The zero-order chi connectivity index (χ0) is 17.1. The van der Waals surface area contributed by atoms with Gasteiger partial charge in [-0.2, -0.15) is 0 Å². The van der Waals surface area contributed by atoms with Crippen LogP contribution in [0.15, 0.2) is 4.99 Å². The number of hydrogen-bond donors (Lipinski definition) is 2. The first-order valence-corrected chi connectivity index (χ1v) is 9.26. The summed E-state index contributed by atoms with van der Waals surface area (Å²) >= 11 is 0. The van der Waals surface area contributed by atoms with Crippen LogP contribution in [0, 0.1) is 5.41 Å². The maximum Gasteiger partial charge on any atom is 0.191 e. The fourth-order valence-electron chi connectivity index (χ4n) is 3.36. The second kappa shape index (κ2) is 13.2. The van der Waals surface area contributed by atoms with Crippen LogP contribution < -0.4 is 10.6 Å². The van der Waals surface area contributed by atoms with Crippen molar-refractivity contribution in [2.24, 2.45) is 10.4 Å². The maximum absolute atomic E-state index is 5.83. The van der Waals surface area contributed by atoms with Crippen molar-refractivity contribution in [3.05, 3.63) is 0 Å². The van der Waals surface area contributed by atoms with Gasteiger partial charge in [-0.05, 0) is 52.1 Å². The minimum absolute atomic E-state index is 0. The molecule has 0 saturated heterocycles. The minimum atomic E-state index is 0. The van der Waals surface area contributed by atoms with Crippen molar-refractivity contribution in [1.82, 2.24) is 15.5 Å². The Morgan fingerprint density at radius 3 is 2.38 bits per heavy atom. The Morgan fingerprint density at radius 1 is 1.21 bits per heavy atom. The van der Waals surface area contributed by atoms with Crippen molar-refractivity contribution in [2.45, 2.75) is 58.5 Å². The molecule has 24 heavy (non-hydrogen) atoms. The van der Waals surface area contributed by atoms with Gasteiger partial charge >= 0.3 is 0 Å². The molecule has 1 aliphatic carbocycles. The van der Waals surface area contributed by atoms with E-state index in [1.165, 1.54) is 32.1 Å². The van der Waals surface area contributed by atoms with Gasteiger partial charge in [0.2, 0.25) is 0 Å². The lowest BCUT2D eigenvalue weighted by molar-refractivity contribution is 0.0548. The van der Waals surface area contributed by atoms with Gasteiger partial charge in [0.1, 0.15) is 0 Å². The van der Waals surface area contributed by atoms with E-state index >= 15 is 0 Å². The van der Waals surface area contributed by atoms with Crippen LogP contribution in [0.25, 0.3) is 0 Å². The Kier molecular flexibility index (Phi) is 13.1. The molecule has 0 aromatic heterocycles. The number of halogens is 1. The molecular formula is C18H39IN4O. The molecule has 1 unspecified atom stereocenters. The summed E-state index contributed by atoms with van der Waals surface area (Å²) in [5.74, 6) is 0.902. The van der Waals surface area contributed by atoms with Crippen molar-refractivity contribution in [2.75, 3.05) is 47.4 Å². The lowest BCUT2D eigenvalue weighted by Gasteiger charge is -2.29. The molecule has 0 heterocycles. The third kappa shape index (κ3) is 8.85. The molecule has 0 amide bonds. The highest BCUT2D eigenvalue weighted by molar-refractivity contribution is 14.0. The number of rotatable bonds is 10. The lowest BCUT2D eigenvalue weighted by Crippen LogP contribution is -2.45. The normalized spacial score (nSPS) is 18.3. The smallest absolute Gasteiger partial charge is 0.191 e. The predicted octanol–water partition coefficient (Wildman–Crippen LogP) is 3.10. The first-order valence-electron chi connectivity index (χ1n) is 9.26. The number of nitrogens with zero attached hydrogens (tertiary/aromatic N) is 2. The minimum Gasteiger partial charge on any atom is -0.377 e. The van der Waals surface area contributed by atoms with Crippen LogP contribution in [0.1, 0.15) is 52.4 Å². The van der Waals surface area contributed by atoms with Gasteiger partial charge in [0.15, 0.2) is 5.96 Å². The molecule has 0 radical (unpaired) electrons. The summed E-state index contributed by atoms with van der Waals surface area (Å²) in [4.78, 5) is 6.57. The van der Waals surface area contributed by atoms with Crippen LogP contribution >= 0.6 is 24.0 Å². The van der Waals surface area contributed by atoms with E-state index in [9.17, 15) is 0 Å². The largest absolute Gasteiger partial charge is 0.377 e.